The number of aromatic nitrogens is 4. The summed E-state index contributed by atoms with van der Waals surface area (Å²) < 4.78 is 17.5. The van der Waals surface area contributed by atoms with Crippen LogP contribution in [0.3, 0.4) is 0 Å². The summed E-state index contributed by atoms with van der Waals surface area (Å²) in [6.45, 7) is 6.85. The van der Waals surface area contributed by atoms with E-state index in [0.29, 0.717) is 29.8 Å². The Hall–Kier alpha value is -2.74. The van der Waals surface area contributed by atoms with Gasteiger partial charge in [-0.2, -0.15) is 0 Å². The minimum Gasteiger partial charge on any atom is -0.387 e. The predicted molar refractivity (Wildman–Crippen MR) is 109 cm³/mol. The molecule has 3 aromatic rings. The maximum absolute atomic E-state index is 13.2. The highest BCUT2D eigenvalue weighted by molar-refractivity contribution is 5.70. The number of aryl methyl sites for hydroxylation is 1. The van der Waals surface area contributed by atoms with Crippen LogP contribution in [0.15, 0.2) is 40.2 Å². The van der Waals surface area contributed by atoms with Gasteiger partial charge in [0, 0.05) is 13.1 Å². The normalized spacial score (nSPS) is 12.8. The number of halogens is 1. The minimum absolute atomic E-state index is 0.171. The SMILES string of the molecule is CCCCn1cnc2c1c(=O)n(CC(O)c1ccc(F)cc1)c(=O)n2CC(C)C. The van der Waals surface area contributed by atoms with Crippen molar-refractivity contribution in [2.75, 3.05) is 0 Å². The molecule has 0 aliphatic rings. The fourth-order valence-corrected chi connectivity index (χ4v) is 3.39. The molecular weight excluding hydrogens is 375 g/mol. The van der Waals surface area contributed by atoms with Crippen molar-refractivity contribution in [1.82, 2.24) is 18.7 Å². The first-order valence-electron chi connectivity index (χ1n) is 9.95. The van der Waals surface area contributed by atoms with Gasteiger partial charge in [-0.3, -0.25) is 13.9 Å². The van der Waals surface area contributed by atoms with Crippen LogP contribution in [0, 0.1) is 11.7 Å². The Kier molecular flexibility index (Phi) is 6.32. The van der Waals surface area contributed by atoms with Gasteiger partial charge < -0.3 is 9.67 Å². The summed E-state index contributed by atoms with van der Waals surface area (Å²) >= 11 is 0. The smallest absolute Gasteiger partial charge is 0.332 e. The fourth-order valence-electron chi connectivity index (χ4n) is 3.39. The van der Waals surface area contributed by atoms with E-state index in [9.17, 15) is 19.1 Å². The van der Waals surface area contributed by atoms with Gasteiger partial charge in [0.05, 0.1) is 19.0 Å². The maximum Gasteiger partial charge on any atom is 0.332 e. The standard InChI is InChI=1S/C21H27FN4O3/c1-4-5-10-24-13-23-19-18(24)20(28)26(21(29)25(19)11-14(2)3)12-17(27)15-6-8-16(22)9-7-15/h6-9,13-14,17,27H,4-5,10-12H2,1-3H3. The Morgan fingerprint density at radius 1 is 1.10 bits per heavy atom. The van der Waals surface area contributed by atoms with Crippen LogP contribution in [-0.2, 0) is 19.6 Å². The third-order valence-corrected chi connectivity index (χ3v) is 4.89. The first-order valence-corrected chi connectivity index (χ1v) is 9.95. The van der Waals surface area contributed by atoms with Gasteiger partial charge in [0.2, 0.25) is 0 Å². The first-order chi connectivity index (χ1) is 13.8. The summed E-state index contributed by atoms with van der Waals surface area (Å²) in [4.78, 5) is 30.6. The van der Waals surface area contributed by atoms with E-state index in [0.717, 1.165) is 17.4 Å². The molecule has 0 saturated heterocycles. The number of unbranched alkanes of at least 4 members (excludes halogenated alkanes) is 1. The van der Waals surface area contributed by atoms with Crippen LogP contribution in [0.2, 0.25) is 0 Å². The van der Waals surface area contributed by atoms with Crippen molar-refractivity contribution >= 4 is 11.2 Å². The van der Waals surface area contributed by atoms with Crippen molar-refractivity contribution in [2.24, 2.45) is 5.92 Å². The van der Waals surface area contributed by atoms with Crippen molar-refractivity contribution in [1.29, 1.82) is 0 Å². The third-order valence-electron chi connectivity index (χ3n) is 4.89. The molecule has 0 aliphatic heterocycles. The molecule has 1 aromatic carbocycles. The average molecular weight is 402 g/mol. The molecule has 156 valence electrons. The lowest BCUT2D eigenvalue weighted by molar-refractivity contribution is 0.152. The Morgan fingerprint density at radius 2 is 1.79 bits per heavy atom. The number of nitrogens with zero attached hydrogens (tertiary/aromatic N) is 4. The summed E-state index contributed by atoms with van der Waals surface area (Å²) in [7, 11) is 0. The second-order valence-corrected chi connectivity index (χ2v) is 7.73. The second kappa shape index (κ2) is 8.73. The van der Waals surface area contributed by atoms with Crippen molar-refractivity contribution in [3.05, 3.63) is 62.8 Å². The van der Waals surface area contributed by atoms with Gasteiger partial charge in [-0.1, -0.05) is 39.3 Å². The Bertz CT molecular complexity index is 1100. The molecule has 0 aliphatic carbocycles. The molecule has 2 heterocycles. The van der Waals surface area contributed by atoms with Gasteiger partial charge in [0.15, 0.2) is 11.2 Å². The third kappa shape index (κ3) is 4.32. The molecule has 1 unspecified atom stereocenters. The van der Waals surface area contributed by atoms with Gasteiger partial charge in [0.1, 0.15) is 5.82 Å². The Labute approximate surface area is 168 Å². The molecule has 2 aromatic heterocycles. The molecule has 0 fully saturated rings. The predicted octanol–water partition coefficient (Wildman–Crippen LogP) is 2.69. The lowest BCUT2D eigenvalue weighted by Crippen LogP contribution is -2.42. The molecule has 1 atom stereocenters. The number of aliphatic hydroxyl groups excluding tert-OH is 1. The number of hydrogen-bond donors (Lipinski definition) is 1. The van der Waals surface area contributed by atoms with E-state index in [1.165, 1.54) is 28.8 Å². The van der Waals surface area contributed by atoms with Crippen molar-refractivity contribution < 1.29 is 9.50 Å². The molecule has 0 saturated carbocycles. The fraction of sp³-hybridized carbons (Fsp3) is 0.476. The van der Waals surface area contributed by atoms with Gasteiger partial charge >= 0.3 is 5.69 Å². The van der Waals surface area contributed by atoms with E-state index in [1.54, 1.807) is 10.9 Å². The van der Waals surface area contributed by atoms with Crippen LogP contribution in [0.5, 0.6) is 0 Å². The largest absolute Gasteiger partial charge is 0.387 e. The molecule has 3 rings (SSSR count). The molecule has 0 spiro atoms. The highest BCUT2D eigenvalue weighted by Gasteiger charge is 2.20. The second-order valence-electron chi connectivity index (χ2n) is 7.73. The van der Waals surface area contributed by atoms with E-state index in [-0.39, 0.29) is 12.5 Å². The lowest BCUT2D eigenvalue weighted by Gasteiger charge is -2.16. The van der Waals surface area contributed by atoms with Crippen LogP contribution in [-0.4, -0.2) is 23.8 Å². The van der Waals surface area contributed by atoms with Gasteiger partial charge in [0.25, 0.3) is 5.56 Å². The molecule has 0 amide bonds. The first kappa shape index (κ1) is 21.0. The Balaban J connectivity index is 2.13. The zero-order chi connectivity index (χ0) is 21.1. The molecule has 7 nitrogen and oxygen atoms in total. The summed E-state index contributed by atoms with van der Waals surface area (Å²) in [5.41, 5.74) is 0.202. The maximum atomic E-state index is 13.2. The average Bonchev–Trinajstić information content (AvgIpc) is 3.11. The highest BCUT2D eigenvalue weighted by atomic mass is 19.1. The van der Waals surface area contributed by atoms with Gasteiger partial charge in [-0.05, 0) is 30.0 Å². The molecule has 0 bridgehead atoms. The van der Waals surface area contributed by atoms with Crippen LogP contribution in [0.1, 0.15) is 45.3 Å². The van der Waals surface area contributed by atoms with E-state index in [1.807, 2.05) is 13.8 Å². The van der Waals surface area contributed by atoms with Crippen LogP contribution >= 0.6 is 0 Å². The monoisotopic (exact) mass is 402 g/mol. The van der Waals surface area contributed by atoms with Crippen LogP contribution in [0.25, 0.3) is 11.2 Å². The zero-order valence-electron chi connectivity index (χ0n) is 17.0. The quantitative estimate of drug-likeness (QED) is 0.628. The summed E-state index contributed by atoms with van der Waals surface area (Å²) in [5, 5.41) is 10.6. The van der Waals surface area contributed by atoms with E-state index in [4.69, 9.17) is 0 Å². The number of fused-ring (bicyclic) bond motifs is 1. The number of aliphatic hydroxyl groups is 1. The summed E-state index contributed by atoms with van der Waals surface area (Å²) in [6.07, 6.45) is 2.33. The summed E-state index contributed by atoms with van der Waals surface area (Å²) in [5.74, 6) is -0.247. The molecule has 1 N–H and O–H groups in total. The number of hydrogen-bond acceptors (Lipinski definition) is 4. The van der Waals surface area contributed by atoms with E-state index < -0.39 is 23.2 Å². The van der Waals surface area contributed by atoms with E-state index in [2.05, 4.69) is 11.9 Å². The van der Waals surface area contributed by atoms with Crippen molar-refractivity contribution in [3.63, 3.8) is 0 Å². The van der Waals surface area contributed by atoms with Gasteiger partial charge in [-0.25, -0.2) is 14.2 Å². The minimum atomic E-state index is -1.11. The van der Waals surface area contributed by atoms with E-state index >= 15 is 0 Å². The number of imidazole rings is 1. The molecule has 0 radical (unpaired) electrons. The molecular formula is C21H27FN4O3. The lowest BCUT2D eigenvalue weighted by atomic mass is 10.1. The molecule has 8 heteroatoms. The summed E-state index contributed by atoms with van der Waals surface area (Å²) in [6, 6.07) is 5.37. The van der Waals surface area contributed by atoms with Crippen molar-refractivity contribution in [3.8, 4) is 0 Å². The topological polar surface area (TPSA) is 82.1 Å². The Morgan fingerprint density at radius 3 is 2.41 bits per heavy atom. The van der Waals surface area contributed by atoms with Gasteiger partial charge in [-0.15, -0.1) is 0 Å². The number of benzene rings is 1. The molecule has 29 heavy (non-hydrogen) atoms. The van der Waals surface area contributed by atoms with Crippen LogP contribution < -0.4 is 11.2 Å². The van der Waals surface area contributed by atoms with Crippen LogP contribution in [0.4, 0.5) is 4.39 Å². The highest BCUT2D eigenvalue weighted by Crippen LogP contribution is 2.16. The zero-order valence-corrected chi connectivity index (χ0v) is 17.0. The number of rotatable bonds is 8. The van der Waals surface area contributed by atoms with Crippen molar-refractivity contribution in [2.45, 2.75) is 59.4 Å².